The SMILES string of the molecule is COc1ccc(N2CCN(CC=Cc3ccc(N(C)C)cc3)CC2)cc1. The summed E-state index contributed by atoms with van der Waals surface area (Å²) in [7, 11) is 5.84. The number of rotatable bonds is 6. The van der Waals surface area contributed by atoms with Gasteiger partial charge in [-0.2, -0.15) is 0 Å². The molecule has 0 aliphatic carbocycles. The standard InChI is InChI=1S/C22H29N3O/c1-23(2)20-8-6-19(7-9-20)5-4-14-24-15-17-25(18-16-24)21-10-12-22(26-3)13-11-21/h4-13H,14-18H2,1-3H3. The van der Waals surface area contributed by atoms with Crippen molar-refractivity contribution < 1.29 is 4.74 Å². The van der Waals surface area contributed by atoms with Gasteiger partial charge in [-0.15, -0.1) is 0 Å². The molecule has 1 aliphatic heterocycles. The van der Waals surface area contributed by atoms with E-state index in [4.69, 9.17) is 4.74 Å². The Morgan fingerprint density at radius 2 is 1.58 bits per heavy atom. The fraction of sp³-hybridized carbons (Fsp3) is 0.364. The molecule has 0 unspecified atom stereocenters. The smallest absolute Gasteiger partial charge is 0.119 e. The number of anilines is 2. The van der Waals surface area contributed by atoms with Crippen LogP contribution in [0.3, 0.4) is 0 Å². The minimum Gasteiger partial charge on any atom is -0.497 e. The summed E-state index contributed by atoms with van der Waals surface area (Å²) in [5, 5.41) is 0. The molecule has 0 spiro atoms. The fourth-order valence-corrected chi connectivity index (χ4v) is 3.20. The third kappa shape index (κ3) is 4.79. The highest BCUT2D eigenvalue weighted by molar-refractivity contribution is 5.55. The molecule has 0 N–H and O–H groups in total. The van der Waals surface area contributed by atoms with E-state index < -0.39 is 0 Å². The van der Waals surface area contributed by atoms with E-state index in [1.165, 1.54) is 16.9 Å². The Bertz CT molecular complexity index is 699. The first-order chi connectivity index (χ1) is 12.7. The van der Waals surface area contributed by atoms with Gasteiger partial charge in [0.1, 0.15) is 5.75 Å². The molecule has 2 aromatic rings. The third-order valence-corrected chi connectivity index (χ3v) is 4.89. The lowest BCUT2D eigenvalue weighted by molar-refractivity contribution is 0.284. The summed E-state index contributed by atoms with van der Waals surface area (Å²) in [5.41, 5.74) is 3.77. The van der Waals surface area contributed by atoms with Crippen molar-refractivity contribution in [3.63, 3.8) is 0 Å². The van der Waals surface area contributed by atoms with Gasteiger partial charge >= 0.3 is 0 Å². The molecule has 0 saturated carbocycles. The van der Waals surface area contributed by atoms with Crippen LogP contribution in [0, 0.1) is 0 Å². The van der Waals surface area contributed by atoms with Crippen LogP contribution in [0.5, 0.6) is 5.75 Å². The molecule has 3 rings (SSSR count). The Kier molecular flexibility index (Phi) is 6.18. The Labute approximate surface area is 157 Å². The second kappa shape index (κ2) is 8.77. The Morgan fingerprint density at radius 3 is 2.15 bits per heavy atom. The van der Waals surface area contributed by atoms with E-state index in [2.05, 4.69) is 77.3 Å². The van der Waals surface area contributed by atoms with Crippen molar-refractivity contribution in [1.29, 1.82) is 0 Å². The molecule has 0 radical (unpaired) electrons. The van der Waals surface area contributed by atoms with E-state index in [0.717, 1.165) is 38.5 Å². The van der Waals surface area contributed by atoms with Crippen LogP contribution in [0.4, 0.5) is 11.4 Å². The first kappa shape index (κ1) is 18.3. The van der Waals surface area contributed by atoms with Crippen molar-refractivity contribution in [1.82, 2.24) is 4.90 Å². The van der Waals surface area contributed by atoms with Gasteiger partial charge in [0, 0.05) is 58.2 Å². The predicted octanol–water partition coefficient (Wildman–Crippen LogP) is 3.60. The summed E-state index contributed by atoms with van der Waals surface area (Å²) in [6.07, 6.45) is 4.49. The number of hydrogen-bond acceptors (Lipinski definition) is 4. The summed E-state index contributed by atoms with van der Waals surface area (Å²) < 4.78 is 5.24. The number of ether oxygens (including phenoxy) is 1. The number of benzene rings is 2. The second-order valence-electron chi connectivity index (χ2n) is 6.87. The lowest BCUT2D eigenvalue weighted by Crippen LogP contribution is -2.46. The van der Waals surface area contributed by atoms with Gasteiger partial charge in [0.25, 0.3) is 0 Å². The van der Waals surface area contributed by atoms with Gasteiger partial charge in [-0.05, 0) is 42.0 Å². The highest BCUT2D eigenvalue weighted by Gasteiger charge is 2.16. The summed E-state index contributed by atoms with van der Waals surface area (Å²) in [6.45, 7) is 5.33. The number of methoxy groups -OCH3 is 1. The molecule has 0 atom stereocenters. The lowest BCUT2D eigenvalue weighted by atomic mass is 10.2. The first-order valence-corrected chi connectivity index (χ1v) is 9.21. The minimum atomic E-state index is 0.913. The average Bonchev–Trinajstić information content (AvgIpc) is 2.69. The molecule has 138 valence electrons. The zero-order valence-electron chi connectivity index (χ0n) is 16.1. The van der Waals surface area contributed by atoms with Crippen LogP contribution >= 0.6 is 0 Å². The summed E-state index contributed by atoms with van der Waals surface area (Å²) in [6, 6.07) is 17.0. The van der Waals surface area contributed by atoms with Crippen LogP contribution < -0.4 is 14.5 Å². The minimum absolute atomic E-state index is 0.913. The van der Waals surface area contributed by atoms with E-state index in [1.807, 2.05) is 12.1 Å². The quantitative estimate of drug-likeness (QED) is 0.791. The molecular formula is C22H29N3O. The van der Waals surface area contributed by atoms with Gasteiger partial charge in [0.2, 0.25) is 0 Å². The maximum Gasteiger partial charge on any atom is 0.119 e. The van der Waals surface area contributed by atoms with E-state index in [9.17, 15) is 0 Å². The van der Waals surface area contributed by atoms with Gasteiger partial charge in [-0.25, -0.2) is 0 Å². The maximum absolute atomic E-state index is 5.24. The Hall–Kier alpha value is -2.46. The normalized spacial score (nSPS) is 15.4. The molecule has 0 aromatic heterocycles. The van der Waals surface area contributed by atoms with Crippen LogP contribution in [-0.2, 0) is 0 Å². The van der Waals surface area contributed by atoms with Crippen LogP contribution in [-0.4, -0.2) is 58.8 Å². The molecule has 4 nitrogen and oxygen atoms in total. The highest BCUT2D eigenvalue weighted by atomic mass is 16.5. The van der Waals surface area contributed by atoms with Crippen molar-refractivity contribution >= 4 is 17.5 Å². The summed E-state index contributed by atoms with van der Waals surface area (Å²) in [5.74, 6) is 0.913. The van der Waals surface area contributed by atoms with Crippen LogP contribution in [0.1, 0.15) is 5.56 Å². The molecule has 4 heteroatoms. The van der Waals surface area contributed by atoms with Crippen LogP contribution in [0.25, 0.3) is 6.08 Å². The summed E-state index contributed by atoms with van der Waals surface area (Å²) >= 11 is 0. The van der Waals surface area contributed by atoms with E-state index in [1.54, 1.807) is 7.11 Å². The zero-order chi connectivity index (χ0) is 18.4. The van der Waals surface area contributed by atoms with Gasteiger partial charge in [-0.3, -0.25) is 4.90 Å². The number of nitrogens with zero attached hydrogens (tertiary/aromatic N) is 3. The Morgan fingerprint density at radius 1 is 0.923 bits per heavy atom. The Balaban J connectivity index is 1.46. The molecular weight excluding hydrogens is 322 g/mol. The monoisotopic (exact) mass is 351 g/mol. The predicted molar refractivity (Wildman–Crippen MR) is 111 cm³/mol. The average molecular weight is 351 g/mol. The second-order valence-corrected chi connectivity index (χ2v) is 6.87. The molecule has 0 bridgehead atoms. The van der Waals surface area contributed by atoms with Gasteiger partial charge in [0.05, 0.1) is 7.11 Å². The first-order valence-electron chi connectivity index (χ1n) is 9.21. The molecule has 1 aliphatic rings. The van der Waals surface area contributed by atoms with E-state index >= 15 is 0 Å². The molecule has 0 amide bonds. The van der Waals surface area contributed by atoms with Crippen LogP contribution in [0.2, 0.25) is 0 Å². The van der Waals surface area contributed by atoms with Crippen LogP contribution in [0.15, 0.2) is 54.6 Å². The van der Waals surface area contributed by atoms with E-state index in [-0.39, 0.29) is 0 Å². The number of hydrogen-bond donors (Lipinski definition) is 0. The molecule has 1 heterocycles. The number of piperazine rings is 1. The molecule has 1 fully saturated rings. The van der Waals surface area contributed by atoms with Crippen molar-refractivity contribution in [2.24, 2.45) is 0 Å². The summed E-state index contributed by atoms with van der Waals surface area (Å²) in [4.78, 5) is 7.07. The topological polar surface area (TPSA) is 19.0 Å². The molecule has 26 heavy (non-hydrogen) atoms. The van der Waals surface area contributed by atoms with Crippen molar-refractivity contribution in [2.75, 3.05) is 63.7 Å². The zero-order valence-corrected chi connectivity index (χ0v) is 16.1. The van der Waals surface area contributed by atoms with Crippen molar-refractivity contribution in [3.8, 4) is 5.75 Å². The maximum atomic E-state index is 5.24. The van der Waals surface area contributed by atoms with Gasteiger partial charge in [0.15, 0.2) is 0 Å². The fourth-order valence-electron chi connectivity index (χ4n) is 3.20. The van der Waals surface area contributed by atoms with E-state index in [0.29, 0.717) is 0 Å². The molecule has 2 aromatic carbocycles. The van der Waals surface area contributed by atoms with Gasteiger partial charge < -0.3 is 14.5 Å². The molecule has 1 saturated heterocycles. The van der Waals surface area contributed by atoms with Crippen molar-refractivity contribution in [2.45, 2.75) is 0 Å². The van der Waals surface area contributed by atoms with Crippen molar-refractivity contribution in [3.05, 3.63) is 60.2 Å². The largest absolute Gasteiger partial charge is 0.497 e. The third-order valence-electron chi connectivity index (χ3n) is 4.89. The lowest BCUT2D eigenvalue weighted by Gasteiger charge is -2.35. The van der Waals surface area contributed by atoms with Gasteiger partial charge in [-0.1, -0.05) is 24.3 Å². The highest BCUT2D eigenvalue weighted by Crippen LogP contribution is 2.20.